The molecule has 16 heavy (non-hydrogen) atoms. The molecule has 0 saturated heterocycles. The van der Waals surface area contributed by atoms with Gasteiger partial charge < -0.3 is 4.57 Å². The zero-order chi connectivity index (χ0) is 11.8. The Morgan fingerprint density at radius 1 is 1.00 bits per heavy atom. The van der Waals surface area contributed by atoms with E-state index < -0.39 is 11.7 Å². The number of aryl methyl sites for hydroxylation is 1. The van der Waals surface area contributed by atoms with E-state index in [-0.39, 0.29) is 0 Å². The number of nitrogens with zero attached hydrogens (tertiary/aromatic N) is 1. The second-order valence-corrected chi connectivity index (χ2v) is 3.58. The maximum Gasteiger partial charge on any atom is 0.416 e. The largest absolute Gasteiger partial charge is 0.416 e. The third kappa shape index (κ3) is 1.96. The normalized spacial score (nSPS) is 11.8. The standard InChI is InChI=1S/C12H10F3N/c1-16-8-2-3-11(16)9-4-6-10(7-5-9)12(13,14)15/h2-8H,1H3. The first-order valence-corrected chi connectivity index (χ1v) is 4.77. The maximum atomic E-state index is 12.3. The second kappa shape index (κ2) is 3.70. The van der Waals surface area contributed by atoms with Crippen LogP contribution >= 0.6 is 0 Å². The zero-order valence-electron chi connectivity index (χ0n) is 8.62. The molecule has 0 aliphatic heterocycles. The van der Waals surface area contributed by atoms with Crippen molar-refractivity contribution in [3.63, 3.8) is 0 Å². The third-order valence-corrected chi connectivity index (χ3v) is 2.45. The molecule has 4 heteroatoms. The molecule has 2 aromatic rings. The second-order valence-electron chi connectivity index (χ2n) is 3.58. The van der Waals surface area contributed by atoms with Crippen LogP contribution in [0.1, 0.15) is 5.56 Å². The first kappa shape index (κ1) is 10.8. The van der Waals surface area contributed by atoms with E-state index in [1.807, 2.05) is 29.9 Å². The fraction of sp³-hybridized carbons (Fsp3) is 0.167. The molecule has 84 valence electrons. The van der Waals surface area contributed by atoms with Gasteiger partial charge in [0.1, 0.15) is 0 Å². The Labute approximate surface area is 91.1 Å². The van der Waals surface area contributed by atoms with Gasteiger partial charge in [0.25, 0.3) is 0 Å². The zero-order valence-corrected chi connectivity index (χ0v) is 8.62. The minimum absolute atomic E-state index is 0.620. The van der Waals surface area contributed by atoms with Gasteiger partial charge in [0, 0.05) is 18.9 Å². The van der Waals surface area contributed by atoms with Crippen molar-refractivity contribution in [2.45, 2.75) is 6.18 Å². The van der Waals surface area contributed by atoms with E-state index in [0.717, 1.165) is 23.4 Å². The van der Waals surface area contributed by atoms with E-state index >= 15 is 0 Å². The highest BCUT2D eigenvalue weighted by Gasteiger charge is 2.29. The molecule has 2 rings (SSSR count). The Morgan fingerprint density at radius 2 is 1.62 bits per heavy atom. The van der Waals surface area contributed by atoms with Crippen molar-refractivity contribution in [3.8, 4) is 11.3 Å². The lowest BCUT2D eigenvalue weighted by Gasteiger charge is -2.08. The smallest absolute Gasteiger partial charge is 0.351 e. The maximum absolute atomic E-state index is 12.3. The van der Waals surface area contributed by atoms with E-state index in [1.165, 1.54) is 12.1 Å². The van der Waals surface area contributed by atoms with Gasteiger partial charge in [-0.05, 0) is 29.8 Å². The van der Waals surface area contributed by atoms with Crippen LogP contribution in [0.4, 0.5) is 13.2 Å². The monoisotopic (exact) mass is 225 g/mol. The lowest BCUT2D eigenvalue weighted by molar-refractivity contribution is -0.137. The average molecular weight is 225 g/mol. The predicted molar refractivity (Wildman–Crippen MR) is 55.9 cm³/mol. The SMILES string of the molecule is Cn1cccc1-c1ccc(C(F)(F)F)cc1. The van der Waals surface area contributed by atoms with Gasteiger partial charge >= 0.3 is 6.18 Å². The summed E-state index contributed by atoms with van der Waals surface area (Å²) in [6, 6.07) is 8.89. The van der Waals surface area contributed by atoms with Crippen LogP contribution in [-0.4, -0.2) is 4.57 Å². The van der Waals surface area contributed by atoms with Crippen LogP contribution in [0.5, 0.6) is 0 Å². The molecular weight excluding hydrogens is 215 g/mol. The highest BCUT2D eigenvalue weighted by Crippen LogP contribution is 2.30. The van der Waals surface area contributed by atoms with Crippen molar-refractivity contribution in [3.05, 3.63) is 48.2 Å². The van der Waals surface area contributed by atoms with Crippen molar-refractivity contribution in [1.82, 2.24) is 4.57 Å². The first-order valence-electron chi connectivity index (χ1n) is 4.77. The van der Waals surface area contributed by atoms with Gasteiger partial charge in [0.2, 0.25) is 0 Å². The summed E-state index contributed by atoms with van der Waals surface area (Å²) in [6.45, 7) is 0. The molecule has 0 atom stereocenters. The van der Waals surface area contributed by atoms with Crippen LogP contribution < -0.4 is 0 Å². The Bertz CT molecular complexity index is 480. The van der Waals surface area contributed by atoms with Gasteiger partial charge in [0.15, 0.2) is 0 Å². The van der Waals surface area contributed by atoms with Crippen LogP contribution in [0.3, 0.4) is 0 Å². The number of hydrogen-bond donors (Lipinski definition) is 0. The van der Waals surface area contributed by atoms with Crippen molar-refractivity contribution >= 4 is 0 Å². The fourth-order valence-electron chi connectivity index (χ4n) is 1.59. The fourth-order valence-corrected chi connectivity index (χ4v) is 1.59. The number of benzene rings is 1. The molecule has 0 unspecified atom stereocenters. The number of hydrogen-bond acceptors (Lipinski definition) is 0. The summed E-state index contributed by atoms with van der Waals surface area (Å²) in [5, 5.41) is 0. The number of halogens is 3. The summed E-state index contributed by atoms with van der Waals surface area (Å²) in [5.41, 5.74) is 1.06. The summed E-state index contributed by atoms with van der Waals surface area (Å²) in [5.74, 6) is 0. The van der Waals surface area contributed by atoms with Crippen molar-refractivity contribution in [1.29, 1.82) is 0 Å². The lowest BCUT2D eigenvalue weighted by atomic mass is 10.1. The number of aromatic nitrogens is 1. The van der Waals surface area contributed by atoms with Gasteiger partial charge in [-0.25, -0.2) is 0 Å². The summed E-state index contributed by atoms with van der Waals surface area (Å²) in [4.78, 5) is 0. The van der Waals surface area contributed by atoms with E-state index in [1.54, 1.807) is 0 Å². The van der Waals surface area contributed by atoms with E-state index in [4.69, 9.17) is 0 Å². The molecule has 0 aliphatic carbocycles. The molecule has 0 spiro atoms. The van der Waals surface area contributed by atoms with Crippen LogP contribution in [0.25, 0.3) is 11.3 Å². The minimum Gasteiger partial charge on any atom is -0.351 e. The molecule has 0 saturated carbocycles. The molecule has 0 radical (unpaired) electrons. The molecule has 0 fully saturated rings. The van der Waals surface area contributed by atoms with Crippen molar-refractivity contribution in [2.75, 3.05) is 0 Å². The number of rotatable bonds is 1. The molecular formula is C12H10F3N. The number of alkyl halides is 3. The molecule has 0 bridgehead atoms. The highest BCUT2D eigenvalue weighted by atomic mass is 19.4. The van der Waals surface area contributed by atoms with Crippen molar-refractivity contribution < 1.29 is 13.2 Å². The summed E-state index contributed by atoms with van der Waals surface area (Å²) in [7, 11) is 1.85. The third-order valence-electron chi connectivity index (χ3n) is 2.45. The lowest BCUT2D eigenvalue weighted by Crippen LogP contribution is -2.04. The molecule has 1 aromatic heterocycles. The summed E-state index contributed by atoms with van der Waals surface area (Å²) < 4.78 is 38.9. The van der Waals surface area contributed by atoms with Crippen LogP contribution in [0.15, 0.2) is 42.6 Å². The minimum atomic E-state index is -4.27. The van der Waals surface area contributed by atoms with Gasteiger partial charge in [-0.2, -0.15) is 13.2 Å². The predicted octanol–water partition coefficient (Wildman–Crippen LogP) is 3.71. The Morgan fingerprint density at radius 3 is 2.06 bits per heavy atom. The Balaban J connectivity index is 2.37. The van der Waals surface area contributed by atoms with Crippen LogP contribution in [0, 0.1) is 0 Å². The summed E-state index contributed by atoms with van der Waals surface area (Å²) >= 11 is 0. The van der Waals surface area contributed by atoms with Gasteiger partial charge in [0.05, 0.1) is 5.56 Å². The van der Waals surface area contributed by atoms with Crippen LogP contribution in [-0.2, 0) is 13.2 Å². The average Bonchev–Trinajstić information content (AvgIpc) is 2.63. The topological polar surface area (TPSA) is 4.93 Å². The molecule has 0 amide bonds. The molecule has 1 nitrogen and oxygen atoms in total. The molecule has 1 aromatic carbocycles. The Hall–Kier alpha value is -1.71. The molecule has 0 N–H and O–H groups in total. The van der Waals surface area contributed by atoms with E-state index in [2.05, 4.69) is 0 Å². The van der Waals surface area contributed by atoms with E-state index in [9.17, 15) is 13.2 Å². The molecule has 1 heterocycles. The molecule has 0 aliphatic rings. The van der Waals surface area contributed by atoms with Gasteiger partial charge in [-0.3, -0.25) is 0 Å². The van der Waals surface area contributed by atoms with E-state index in [0.29, 0.717) is 0 Å². The Kier molecular flexibility index (Phi) is 2.50. The van der Waals surface area contributed by atoms with Gasteiger partial charge in [-0.15, -0.1) is 0 Å². The van der Waals surface area contributed by atoms with Crippen LogP contribution in [0.2, 0.25) is 0 Å². The van der Waals surface area contributed by atoms with Crippen molar-refractivity contribution in [2.24, 2.45) is 7.05 Å². The highest BCUT2D eigenvalue weighted by molar-refractivity contribution is 5.60. The first-order chi connectivity index (χ1) is 7.48. The van der Waals surface area contributed by atoms with Gasteiger partial charge in [-0.1, -0.05) is 12.1 Å². The summed E-state index contributed by atoms with van der Waals surface area (Å²) in [6.07, 6.45) is -2.42. The quantitative estimate of drug-likeness (QED) is 0.697.